The minimum absolute atomic E-state index is 0.121. The quantitative estimate of drug-likeness (QED) is 0.806. The van der Waals surface area contributed by atoms with Gasteiger partial charge in [0.2, 0.25) is 5.91 Å². The molecule has 1 amide bonds. The van der Waals surface area contributed by atoms with Crippen molar-refractivity contribution in [2.45, 2.75) is 12.7 Å². The van der Waals surface area contributed by atoms with E-state index in [1.165, 1.54) is 6.07 Å². The molecule has 0 atom stereocenters. The van der Waals surface area contributed by atoms with Gasteiger partial charge in [-0.25, -0.2) is 0 Å². The molecule has 0 saturated heterocycles. The van der Waals surface area contributed by atoms with Crippen LogP contribution in [0.3, 0.4) is 0 Å². The monoisotopic (exact) mass is 230 g/mol. The Bertz CT molecular complexity index is 384. The maximum Gasteiger partial charge on any atom is 0.433 e. The minimum atomic E-state index is -4.44. The van der Waals surface area contributed by atoms with Gasteiger partial charge in [-0.15, -0.1) is 0 Å². The average molecular weight is 230 g/mol. The Morgan fingerprint density at radius 3 is 2.62 bits per heavy atom. The first kappa shape index (κ1) is 12.2. The lowest BCUT2D eigenvalue weighted by Gasteiger charge is -2.06. The third-order valence-corrected chi connectivity index (χ3v) is 1.77. The number of rotatable bonds is 3. The summed E-state index contributed by atoms with van der Waals surface area (Å²) in [4.78, 5) is 14.0. The molecule has 0 saturated carbocycles. The highest BCUT2D eigenvalue weighted by atomic mass is 19.4. The van der Waals surface area contributed by atoms with Crippen LogP contribution in [0.5, 0.6) is 0 Å². The number of hydrogen-bond acceptors (Lipinski definition) is 2. The maximum absolute atomic E-state index is 12.1. The highest BCUT2D eigenvalue weighted by Crippen LogP contribution is 2.27. The number of carbonyl (C=O) groups excluding carboxylic acids is 1. The molecule has 0 fully saturated rings. The molecule has 16 heavy (non-hydrogen) atoms. The van der Waals surface area contributed by atoms with Crippen LogP contribution >= 0.6 is 0 Å². The van der Waals surface area contributed by atoms with Gasteiger partial charge in [0.15, 0.2) is 0 Å². The van der Waals surface area contributed by atoms with Crippen LogP contribution in [0.15, 0.2) is 31.0 Å². The number of pyridine rings is 1. The SMILES string of the molecule is C=CC(=O)NCc1ccc(C(F)(F)F)nc1. The molecule has 0 aromatic carbocycles. The van der Waals surface area contributed by atoms with Crippen LogP contribution in [-0.2, 0) is 17.5 Å². The van der Waals surface area contributed by atoms with Gasteiger partial charge in [-0.2, -0.15) is 13.2 Å². The number of carbonyl (C=O) groups is 1. The van der Waals surface area contributed by atoms with Crippen LogP contribution in [0.2, 0.25) is 0 Å². The molecule has 1 N–H and O–H groups in total. The van der Waals surface area contributed by atoms with Crippen LogP contribution in [0.25, 0.3) is 0 Å². The molecule has 0 aliphatic rings. The van der Waals surface area contributed by atoms with Crippen molar-refractivity contribution in [2.75, 3.05) is 0 Å². The summed E-state index contributed by atoms with van der Waals surface area (Å²) in [6.07, 6.45) is -2.29. The molecular weight excluding hydrogens is 221 g/mol. The Labute approximate surface area is 90.0 Å². The van der Waals surface area contributed by atoms with E-state index in [0.717, 1.165) is 18.3 Å². The van der Waals surface area contributed by atoms with Gasteiger partial charge < -0.3 is 5.32 Å². The van der Waals surface area contributed by atoms with Gasteiger partial charge in [-0.1, -0.05) is 12.6 Å². The van der Waals surface area contributed by atoms with E-state index in [-0.39, 0.29) is 12.5 Å². The lowest BCUT2D eigenvalue weighted by atomic mass is 10.2. The minimum Gasteiger partial charge on any atom is -0.348 e. The molecular formula is C10H9F3N2O. The number of aromatic nitrogens is 1. The first-order chi connectivity index (χ1) is 7.43. The number of halogens is 3. The summed E-state index contributed by atoms with van der Waals surface area (Å²) in [5.74, 6) is -0.389. The van der Waals surface area contributed by atoms with Gasteiger partial charge in [-0.05, 0) is 17.7 Å². The van der Waals surface area contributed by atoms with E-state index in [9.17, 15) is 18.0 Å². The standard InChI is InChI=1S/C10H9F3N2O/c1-2-9(16)15-6-7-3-4-8(14-5-7)10(11,12)13/h2-5H,1,6H2,(H,15,16). The van der Waals surface area contributed by atoms with E-state index < -0.39 is 11.9 Å². The van der Waals surface area contributed by atoms with Crippen molar-refractivity contribution >= 4 is 5.91 Å². The number of nitrogens with one attached hydrogen (secondary N) is 1. The number of alkyl halides is 3. The lowest BCUT2D eigenvalue weighted by molar-refractivity contribution is -0.141. The van der Waals surface area contributed by atoms with Crippen molar-refractivity contribution in [1.82, 2.24) is 10.3 Å². The summed E-state index contributed by atoms with van der Waals surface area (Å²) >= 11 is 0. The van der Waals surface area contributed by atoms with E-state index in [0.29, 0.717) is 5.56 Å². The zero-order valence-corrected chi connectivity index (χ0v) is 8.21. The van der Waals surface area contributed by atoms with Crippen molar-refractivity contribution in [3.05, 3.63) is 42.2 Å². The van der Waals surface area contributed by atoms with Gasteiger partial charge in [-0.3, -0.25) is 9.78 Å². The topological polar surface area (TPSA) is 42.0 Å². The van der Waals surface area contributed by atoms with Crippen LogP contribution in [0.1, 0.15) is 11.3 Å². The Morgan fingerprint density at radius 2 is 2.19 bits per heavy atom. The van der Waals surface area contributed by atoms with Crippen LogP contribution in [0.4, 0.5) is 13.2 Å². The zero-order valence-electron chi connectivity index (χ0n) is 8.21. The van der Waals surface area contributed by atoms with Gasteiger partial charge in [0.1, 0.15) is 5.69 Å². The first-order valence-corrected chi connectivity index (χ1v) is 4.36. The molecule has 1 aromatic rings. The molecule has 1 aromatic heterocycles. The molecule has 0 aliphatic heterocycles. The van der Waals surface area contributed by atoms with Crippen molar-refractivity contribution in [3.8, 4) is 0 Å². The molecule has 86 valence electrons. The van der Waals surface area contributed by atoms with Gasteiger partial charge in [0.05, 0.1) is 0 Å². The maximum atomic E-state index is 12.1. The smallest absolute Gasteiger partial charge is 0.348 e. The Morgan fingerprint density at radius 1 is 1.50 bits per heavy atom. The van der Waals surface area contributed by atoms with Gasteiger partial charge >= 0.3 is 6.18 Å². The van der Waals surface area contributed by atoms with E-state index in [2.05, 4.69) is 16.9 Å². The van der Waals surface area contributed by atoms with E-state index in [1.54, 1.807) is 0 Å². The summed E-state index contributed by atoms with van der Waals surface area (Å²) in [5.41, 5.74) is -0.463. The van der Waals surface area contributed by atoms with E-state index in [1.807, 2.05) is 0 Å². The molecule has 0 unspecified atom stereocenters. The first-order valence-electron chi connectivity index (χ1n) is 4.36. The fraction of sp³-hybridized carbons (Fsp3) is 0.200. The van der Waals surface area contributed by atoms with Crippen molar-refractivity contribution in [2.24, 2.45) is 0 Å². The van der Waals surface area contributed by atoms with Crippen LogP contribution in [-0.4, -0.2) is 10.9 Å². The summed E-state index contributed by atoms with van der Waals surface area (Å²) in [6, 6.07) is 2.13. The highest BCUT2D eigenvalue weighted by Gasteiger charge is 2.31. The highest BCUT2D eigenvalue weighted by molar-refractivity contribution is 5.86. The van der Waals surface area contributed by atoms with Gasteiger partial charge in [0, 0.05) is 12.7 Å². The van der Waals surface area contributed by atoms with E-state index >= 15 is 0 Å². The summed E-state index contributed by atoms with van der Waals surface area (Å²) in [7, 11) is 0. The molecule has 1 heterocycles. The van der Waals surface area contributed by atoms with Crippen molar-refractivity contribution in [3.63, 3.8) is 0 Å². The fourth-order valence-electron chi connectivity index (χ4n) is 0.958. The summed E-state index contributed by atoms with van der Waals surface area (Å²) < 4.78 is 36.4. The number of amides is 1. The Hall–Kier alpha value is -1.85. The molecule has 0 spiro atoms. The third kappa shape index (κ3) is 3.38. The second kappa shape index (κ2) is 4.78. The van der Waals surface area contributed by atoms with Crippen LogP contribution in [0, 0.1) is 0 Å². The lowest BCUT2D eigenvalue weighted by Crippen LogP contribution is -2.20. The second-order valence-corrected chi connectivity index (χ2v) is 2.97. The van der Waals surface area contributed by atoms with Gasteiger partial charge in [0.25, 0.3) is 0 Å². The largest absolute Gasteiger partial charge is 0.433 e. The zero-order chi connectivity index (χ0) is 12.2. The molecule has 0 bridgehead atoms. The molecule has 0 radical (unpaired) electrons. The molecule has 3 nitrogen and oxygen atoms in total. The van der Waals surface area contributed by atoms with E-state index in [4.69, 9.17) is 0 Å². The van der Waals surface area contributed by atoms with Crippen molar-refractivity contribution in [1.29, 1.82) is 0 Å². The molecule has 0 aliphatic carbocycles. The third-order valence-electron chi connectivity index (χ3n) is 1.77. The normalized spacial score (nSPS) is 10.9. The number of hydrogen-bond donors (Lipinski definition) is 1. The predicted octanol–water partition coefficient (Wildman–Crippen LogP) is 1.90. The number of nitrogens with zero attached hydrogens (tertiary/aromatic N) is 1. The summed E-state index contributed by atoms with van der Waals surface area (Å²) in [6.45, 7) is 3.36. The molecule has 6 heteroatoms. The van der Waals surface area contributed by atoms with Crippen molar-refractivity contribution < 1.29 is 18.0 Å². The predicted molar refractivity (Wildman–Crippen MR) is 51.3 cm³/mol. The fourth-order valence-corrected chi connectivity index (χ4v) is 0.958. The van der Waals surface area contributed by atoms with Crippen LogP contribution < -0.4 is 5.32 Å². The Balaban J connectivity index is 2.65. The molecule has 1 rings (SSSR count). The summed E-state index contributed by atoms with van der Waals surface area (Å²) in [5, 5.41) is 2.43. The average Bonchev–Trinajstić information content (AvgIpc) is 2.25. The Kier molecular flexibility index (Phi) is 3.65. The second-order valence-electron chi connectivity index (χ2n) is 2.97.